The molecule has 5 nitrogen and oxygen atoms in total. The highest BCUT2D eigenvalue weighted by Crippen LogP contribution is 2.21. The minimum atomic E-state index is -3.88. The zero-order valence-corrected chi connectivity index (χ0v) is 11.8. The summed E-state index contributed by atoms with van der Waals surface area (Å²) in [7, 11) is -4.86. The molecule has 8 heteroatoms. The summed E-state index contributed by atoms with van der Waals surface area (Å²) in [6.45, 7) is 0.454. The summed E-state index contributed by atoms with van der Waals surface area (Å²) in [4.78, 5) is -0.358. The maximum absolute atomic E-state index is 13.7. The molecule has 1 aromatic carbocycles. The molecule has 106 valence electrons. The van der Waals surface area contributed by atoms with Crippen molar-refractivity contribution in [2.45, 2.75) is 11.4 Å². The van der Waals surface area contributed by atoms with Crippen molar-refractivity contribution in [3.05, 3.63) is 29.6 Å². The van der Waals surface area contributed by atoms with Gasteiger partial charge in [-0.05, 0) is 17.7 Å². The summed E-state index contributed by atoms with van der Waals surface area (Å²) < 4.78 is 50.8. The third-order valence-electron chi connectivity index (χ3n) is 2.99. The molecule has 19 heavy (non-hydrogen) atoms. The maximum Gasteiger partial charge on any atom is 0.246 e. The van der Waals surface area contributed by atoms with E-state index < -0.39 is 26.6 Å². The Hall–Kier alpha value is -0.830. The molecular weight excluding hydrogens is 291 g/mol. The van der Waals surface area contributed by atoms with Crippen molar-refractivity contribution in [1.29, 1.82) is 0 Å². The van der Waals surface area contributed by atoms with Crippen LogP contribution in [-0.2, 0) is 27.4 Å². The second-order valence-corrected chi connectivity index (χ2v) is 7.82. The first-order valence-electron chi connectivity index (χ1n) is 5.79. The van der Waals surface area contributed by atoms with E-state index in [2.05, 4.69) is 0 Å². The number of benzene rings is 1. The summed E-state index contributed by atoms with van der Waals surface area (Å²) in [6, 6.07) is 3.83. The zero-order valence-electron chi connectivity index (χ0n) is 10.2. The van der Waals surface area contributed by atoms with E-state index in [9.17, 15) is 17.0 Å². The Labute approximate surface area is 114 Å². The molecule has 1 aliphatic heterocycles. The van der Waals surface area contributed by atoms with Crippen LogP contribution in [0.4, 0.5) is 4.39 Å². The van der Waals surface area contributed by atoms with Crippen molar-refractivity contribution in [2.24, 2.45) is 5.73 Å². The highest BCUT2D eigenvalue weighted by molar-refractivity contribution is 7.89. The van der Waals surface area contributed by atoms with Crippen LogP contribution in [0, 0.1) is 5.82 Å². The molecule has 0 spiro atoms. The molecule has 1 aromatic rings. The molecule has 2 N–H and O–H groups in total. The lowest BCUT2D eigenvalue weighted by Gasteiger charge is -2.25. The molecule has 0 aromatic heterocycles. The Kier molecular flexibility index (Phi) is 4.34. The van der Waals surface area contributed by atoms with Gasteiger partial charge in [0.25, 0.3) is 0 Å². The van der Waals surface area contributed by atoms with Crippen LogP contribution < -0.4 is 5.73 Å². The minimum Gasteiger partial charge on any atom is -0.326 e. The van der Waals surface area contributed by atoms with E-state index in [-0.39, 0.29) is 36.0 Å². The first-order valence-corrected chi connectivity index (χ1v) is 8.71. The van der Waals surface area contributed by atoms with Gasteiger partial charge in [-0.15, -0.1) is 0 Å². The Bertz CT molecular complexity index is 594. The van der Waals surface area contributed by atoms with Crippen molar-refractivity contribution in [3.8, 4) is 0 Å². The van der Waals surface area contributed by atoms with Gasteiger partial charge >= 0.3 is 0 Å². The molecule has 0 saturated carbocycles. The SMILES string of the molecule is NCc1ccc(F)c(S(=O)(=O)N2CCS(=O)CC2)c1. The topological polar surface area (TPSA) is 80.5 Å². The lowest BCUT2D eigenvalue weighted by Crippen LogP contribution is -2.42. The van der Waals surface area contributed by atoms with Gasteiger partial charge in [-0.2, -0.15) is 4.31 Å². The van der Waals surface area contributed by atoms with E-state index in [1.165, 1.54) is 16.4 Å². The van der Waals surface area contributed by atoms with Crippen molar-refractivity contribution in [3.63, 3.8) is 0 Å². The van der Waals surface area contributed by atoms with Gasteiger partial charge in [-0.3, -0.25) is 4.21 Å². The van der Waals surface area contributed by atoms with E-state index in [0.717, 1.165) is 6.07 Å². The van der Waals surface area contributed by atoms with E-state index in [1.807, 2.05) is 0 Å². The lowest BCUT2D eigenvalue weighted by molar-refractivity contribution is 0.434. The summed E-state index contributed by atoms with van der Waals surface area (Å²) >= 11 is 0. The lowest BCUT2D eigenvalue weighted by atomic mass is 10.2. The number of nitrogens with two attached hydrogens (primary N) is 1. The third kappa shape index (κ3) is 3.02. The van der Waals surface area contributed by atoms with Gasteiger partial charge < -0.3 is 5.73 Å². The quantitative estimate of drug-likeness (QED) is 0.855. The van der Waals surface area contributed by atoms with Crippen molar-refractivity contribution in [2.75, 3.05) is 24.6 Å². The van der Waals surface area contributed by atoms with E-state index in [1.54, 1.807) is 0 Å². The number of hydrogen-bond donors (Lipinski definition) is 1. The van der Waals surface area contributed by atoms with Gasteiger partial charge in [0.1, 0.15) is 10.7 Å². The highest BCUT2D eigenvalue weighted by Gasteiger charge is 2.30. The first kappa shape index (κ1) is 14.6. The van der Waals surface area contributed by atoms with Crippen LogP contribution in [0.3, 0.4) is 0 Å². The predicted octanol–water partition coefficient (Wildman–Crippen LogP) is 0.0374. The van der Waals surface area contributed by atoms with Gasteiger partial charge in [0.05, 0.1) is 0 Å². The fourth-order valence-corrected chi connectivity index (χ4v) is 4.71. The Morgan fingerprint density at radius 2 is 1.95 bits per heavy atom. The zero-order chi connectivity index (χ0) is 14.0. The fourth-order valence-electron chi connectivity index (χ4n) is 1.87. The van der Waals surface area contributed by atoms with Crippen LogP contribution in [0.25, 0.3) is 0 Å². The molecule has 1 heterocycles. The standard InChI is InChI=1S/C11H15FN2O3S2/c12-10-2-1-9(8-13)7-11(10)19(16,17)14-3-5-18(15)6-4-14/h1-2,7H,3-6,8,13H2. The largest absolute Gasteiger partial charge is 0.326 e. The smallest absolute Gasteiger partial charge is 0.246 e. The number of sulfonamides is 1. The van der Waals surface area contributed by atoms with E-state index >= 15 is 0 Å². The average molecular weight is 306 g/mol. The summed E-state index contributed by atoms with van der Waals surface area (Å²) in [6.07, 6.45) is 0. The number of rotatable bonds is 3. The predicted molar refractivity (Wildman–Crippen MR) is 70.9 cm³/mol. The Morgan fingerprint density at radius 1 is 1.32 bits per heavy atom. The third-order valence-corrected chi connectivity index (χ3v) is 6.18. The maximum atomic E-state index is 13.7. The average Bonchev–Trinajstić information content (AvgIpc) is 2.39. The van der Waals surface area contributed by atoms with Gasteiger partial charge in [-0.1, -0.05) is 6.07 Å². The second kappa shape index (κ2) is 5.66. The molecule has 0 aliphatic carbocycles. The van der Waals surface area contributed by atoms with Crippen LogP contribution >= 0.6 is 0 Å². The minimum absolute atomic E-state index is 0.146. The summed E-state index contributed by atoms with van der Waals surface area (Å²) in [5.41, 5.74) is 5.99. The van der Waals surface area contributed by atoms with Crippen molar-refractivity contribution < 1.29 is 17.0 Å². The normalized spacial score (nSPS) is 18.6. The number of nitrogens with zero attached hydrogens (tertiary/aromatic N) is 1. The van der Waals surface area contributed by atoms with Crippen LogP contribution in [0.1, 0.15) is 5.56 Å². The van der Waals surface area contributed by atoms with Crippen molar-refractivity contribution >= 4 is 20.8 Å². The van der Waals surface area contributed by atoms with Gasteiger partial charge in [0.15, 0.2) is 0 Å². The van der Waals surface area contributed by atoms with Crippen LogP contribution in [-0.4, -0.2) is 41.5 Å². The van der Waals surface area contributed by atoms with Crippen LogP contribution in [0.15, 0.2) is 23.1 Å². The van der Waals surface area contributed by atoms with Crippen LogP contribution in [0.5, 0.6) is 0 Å². The number of hydrogen-bond acceptors (Lipinski definition) is 4. The van der Waals surface area contributed by atoms with E-state index in [4.69, 9.17) is 5.73 Å². The summed E-state index contributed by atoms with van der Waals surface area (Å²) in [5, 5.41) is 0. The molecular formula is C11H15FN2O3S2. The molecule has 2 rings (SSSR count). The second-order valence-electron chi connectivity index (χ2n) is 4.22. The monoisotopic (exact) mass is 306 g/mol. The molecule has 1 aliphatic rings. The number of halogens is 1. The molecule has 1 saturated heterocycles. The summed E-state index contributed by atoms with van der Waals surface area (Å²) in [5.74, 6) is -0.210. The van der Waals surface area contributed by atoms with E-state index in [0.29, 0.717) is 5.56 Å². The molecule has 0 bridgehead atoms. The molecule has 0 radical (unpaired) electrons. The fraction of sp³-hybridized carbons (Fsp3) is 0.455. The van der Waals surface area contributed by atoms with Crippen molar-refractivity contribution in [1.82, 2.24) is 4.31 Å². The van der Waals surface area contributed by atoms with Gasteiger partial charge in [0.2, 0.25) is 10.0 Å². The van der Waals surface area contributed by atoms with Crippen LogP contribution in [0.2, 0.25) is 0 Å². The molecule has 0 atom stereocenters. The molecule has 0 amide bonds. The first-order chi connectivity index (χ1) is 8.95. The molecule has 0 unspecified atom stereocenters. The van der Waals surface area contributed by atoms with Gasteiger partial charge in [-0.25, -0.2) is 12.8 Å². The Morgan fingerprint density at radius 3 is 2.53 bits per heavy atom. The van der Waals surface area contributed by atoms with Gasteiger partial charge in [0, 0.05) is 41.9 Å². The highest BCUT2D eigenvalue weighted by atomic mass is 32.2. The Balaban J connectivity index is 2.36. The molecule has 1 fully saturated rings.